The summed E-state index contributed by atoms with van der Waals surface area (Å²) in [4.78, 5) is 12.0. The number of aryl methyl sites for hydroxylation is 2. The maximum Gasteiger partial charge on any atom is 0.352 e. The van der Waals surface area contributed by atoms with E-state index < -0.39 is 5.97 Å². The first-order chi connectivity index (χ1) is 13.5. The normalized spacial score (nSPS) is 11.0. The van der Waals surface area contributed by atoms with Crippen LogP contribution < -0.4 is 14.8 Å². The SMILES string of the molecule is CCn1c(C(=O)O)c(CNCc2cc(OC)ccc2OC)c2ccc(C)cc21. The number of aromatic carboxylic acids is 1. The van der Waals surface area contributed by atoms with E-state index in [1.165, 1.54) is 0 Å². The molecule has 2 N–H and O–H groups in total. The van der Waals surface area contributed by atoms with Gasteiger partial charge in [-0.1, -0.05) is 12.1 Å². The molecule has 0 atom stereocenters. The van der Waals surface area contributed by atoms with Gasteiger partial charge in [-0.2, -0.15) is 0 Å². The molecule has 3 rings (SSSR count). The van der Waals surface area contributed by atoms with Gasteiger partial charge in [-0.15, -0.1) is 0 Å². The lowest BCUT2D eigenvalue weighted by Gasteiger charge is -2.12. The van der Waals surface area contributed by atoms with Crippen molar-refractivity contribution < 1.29 is 19.4 Å². The molecule has 0 aliphatic carbocycles. The second-order valence-corrected chi connectivity index (χ2v) is 6.68. The molecule has 0 aliphatic heterocycles. The number of hydrogen-bond acceptors (Lipinski definition) is 4. The van der Waals surface area contributed by atoms with Gasteiger partial charge in [0.15, 0.2) is 0 Å². The molecule has 0 bridgehead atoms. The van der Waals surface area contributed by atoms with Gasteiger partial charge in [-0.3, -0.25) is 0 Å². The molecule has 1 aromatic heterocycles. The van der Waals surface area contributed by atoms with Crippen molar-refractivity contribution in [3.63, 3.8) is 0 Å². The summed E-state index contributed by atoms with van der Waals surface area (Å²) >= 11 is 0. The van der Waals surface area contributed by atoms with Crippen LogP contribution >= 0.6 is 0 Å². The summed E-state index contributed by atoms with van der Waals surface area (Å²) in [7, 11) is 3.25. The average Bonchev–Trinajstić information content (AvgIpc) is 3.00. The summed E-state index contributed by atoms with van der Waals surface area (Å²) in [5, 5.41) is 14.2. The zero-order valence-electron chi connectivity index (χ0n) is 16.7. The summed E-state index contributed by atoms with van der Waals surface area (Å²) in [5.74, 6) is 0.603. The van der Waals surface area contributed by atoms with Gasteiger partial charge in [0.05, 0.1) is 14.2 Å². The lowest BCUT2D eigenvalue weighted by Crippen LogP contribution is -2.17. The Labute approximate surface area is 164 Å². The van der Waals surface area contributed by atoms with E-state index in [1.807, 2.05) is 54.8 Å². The molecule has 148 valence electrons. The van der Waals surface area contributed by atoms with Crippen LogP contribution in [0.25, 0.3) is 10.9 Å². The lowest BCUT2D eigenvalue weighted by atomic mass is 10.1. The van der Waals surface area contributed by atoms with E-state index in [0.717, 1.165) is 39.1 Å². The molecule has 0 spiro atoms. The first-order valence-electron chi connectivity index (χ1n) is 9.26. The number of methoxy groups -OCH3 is 2. The quantitative estimate of drug-likeness (QED) is 0.617. The third-order valence-electron chi connectivity index (χ3n) is 4.95. The molecule has 0 unspecified atom stereocenters. The van der Waals surface area contributed by atoms with Gasteiger partial charge in [-0.25, -0.2) is 4.79 Å². The molecule has 6 nitrogen and oxygen atoms in total. The van der Waals surface area contributed by atoms with E-state index in [2.05, 4.69) is 5.32 Å². The van der Waals surface area contributed by atoms with Gasteiger partial charge in [0.1, 0.15) is 17.2 Å². The Bertz CT molecular complexity index is 1010. The predicted octanol–water partition coefficient (Wildman–Crippen LogP) is 3.97. The van der Waals surface area contributed by atoms with Crippen LogP contribution in [0.4, 0.5) is 0 Å². The number of carboxylic acids is 1. The molecule has 0 aliphatic rings. The monoisotopic (exact) mass is 382 g/mol. The number of carboxylic acid groups (broad SMARTS) is 1. The van der Waals surface area contributed by atoms with Crippen molar-refractivity contribution in [3.8, 4) is 11.5 Å². The van der Waals surface area contributed by atoms with Crippen molar-refractivity contribution in [1.82, 2.24) is 9.88 Å². The average molecular weight is 382 g/mol. The molecule has 0 amide bonds. The maximum absolute atomic E-state index is 12.0. The molecular weight excluding hydrogens is 356 g/mol. The summed E-state index contributed by atoms with van der Waals surface area (Å²) in [5.41, 5.74) is 4.15. The molecular formula is C22H26N2O4. The first-order valence-corrected chi connectivity index (χ1v) is 9.26. The van der Waals surface area contributed by atoms with Gasteiger partial charge in [0.2, 0.25) is 0 Å². The Balaban J connectivity index is 1.93. The molecule has 1 heterocycles. The molecule has 6 heteroatoms. The number of benzene rings is 2. The third kappa shape index (κ3) is 3.68. The van der Waals surface area contributed by atoms with Gasteiger partial charge in [0, 0.05) is 41.7 Å². The first kappa shape index (κ1) is 19.8. The predicted molar refractivity (Wildman–Crippen MR) is 109 cm³/mol. The number of rotatable bonds is 8. The minimum atomic E-state index is -0.911. The Morgan fingerprint density at radius 2 is 1.89 bits per heavy atom. The second kappa shape index (κ2) is 8.35. The fraction of sp³-hybridized carbons (Fsp3) is 0.318. The van der Waals surface area contributed by atoms with E-state index in [1.54, 1.807) is 14.2 Å². The van der Waals surface area contributed by atoms with Gasteiger partial charge in [0.25, 0.3) is 0 Å². The highest BCUT2D eigenvalue weighted by atomic mass is 16.5. The summed E-state index contributed by atoms with van der Waals surface area (Å²) < 4.78 is 12.6. The fourth-order valence-corrected chi connectivity index (χ4v) is 3.63. The Morgan fingerprint density at radius 3 is 2.54 bits per heavy atom. The van der Waals surface area contributed by atoms with E-state index in [0.29, 0.717) is 25.3 Å². The number of fused-ring (bicyclic) bond motifs is 1. The Hall–Kier alpha value is -2.99. The zero-order valence-corrected chi connectivity index (χ0v) is 16.7. The molecule has 0 saturated carbocycles. The maximum atomic E-state index is 12.0. The van der Waals surface area contributed by atoms with Crippen molar-refractivity contribution in [2.24, 2.45) is 0 Å². The number of aromatic nitrogens is 1. The van der Waals surface area contributed by atoms with Crippen LogP contribution in [0.3, 0.4) is 0 Å². The summed E-state index contributed by atoms with van der Waals surface area (Å²) in [6.45, 7) is 5.55. The highest BCUT2D eigenvalue weighted by Crippen LogP contribution is 2.28. The lowest BCUT2D eigenvalue weighted by molar-refractivity contribution is 0.0684. The number of carbonyl (C=O) groups is 1. The number of nitrogens with one attached hydrogen (secondary N) is 1. The second-order valence-electron chi connectivity index (χ2n) is 6.68. The molecule has 28 heavy (non-hydrogen) atoms. The van der Waals surface area contributed by atoms with Crippen LogP contribution in [0.1, 0.15) is 34.1 Å². The van der Waals surface area contributed by atoms with Gasteiger partial charge in [-0.05, 0) is 43.7 Å². The fourth-order valence-electron chi connectivity index (χ4n) is 3.63. The minimum Gasteiger partial charge on any atom is -0.497 e. The van der Waals surface area contributed by atoms with Gasteiger partial charge < -0.3 is 24.5 Å². The molecule has 3 aromatic rings. The molecule has 0 saturated heterocycles. The van der Waals surface area contributed by atoms with E-state index >= 15 is 0 Å². The van der Waals surface area contributed by atoms with Crippen LogP contribution in [0.2, 0.25) is 0 Å². The molecule has 2 aromatic carbocycles. The minimum absolute atomic E-state index is 0.341. The molecule has 0 fully saturated rings. The van der Waals surface area contributed by atoms with Crippen molar-refractivity contribution in [2.45, 2.75) is 33.5 Å². The van der Waals surface area contributed by atoms with Crippen LogP contribution in [0, 0.1) is 6.92 Å². The third-order valence-corrected chi connectivity index (χ3v) is 4.95. The van der Waals surface area contributed by atoms with E-state index in [4.69, 9.17) is 9.47 Å². The smallest absolute Gasteiger partial charge is 0.352 e. The van der Waals surface area contributed by atoms with Crippen molar-refractivity contribution in [2.75, 3.05) is 14.2 Å². The van der Waals surface area contributed by atoms with Crippen LogP contribution in [0.15, 0.2) is 36.4 Å². The topological polar surface area (TPSA) is 72.7 Å². The summed E-state index contributed by atoms with van der Waals surface area (Å²) in [6, 6.07) is 11.7. The van der Waals surface area contributed by atoms with Crippen molar-refractivity contribution >= 4 is 16.9 Å². The van der Waals surface area contributed by atoms with Crippen LogP contribution in [0.5, 0.6) is 11.5 Å². The van der Waals surface area contributed by atoms with Crippen LogP contribution in [-0.4, -0.2) is 29.9 Å². The molecule has 0 radical (unpaired) electrons. The zero-order chi connectivity index (χ0) is 20.3. The van der Waals surface area contributed by atoms with E-state index in [-0.39, 0.29) is 0 Å². The largest absolute Gasteiger partial charge is 0.497 e. The van der Waals surface area contributed by atoms with Crippen LogP contribution in [-0.2, 0) is 19.6 Å². The standard InChI is InChI=1S/C22H26N2O4/c1-5-24-19-10-14(2)6-8-17(19)18(21(24)22(25)26)13-23-12-15-11-16(27-3)7-9-20(15)28-4/h6-11,23H,5,12-13H2,1-4H3,(H,25,26). The van der Waals surface area contributed by atoms with Crippen molar-refractivity contribution in [3.05, 3.63) is 58.8 Å². The van der Waals surface area contributed by atoms with Crippen molar-refractivity contribution in [1.29, 1.82) is 0 Å². The summed E-state index contributed by atoms with van der Waals surface area (Å²) in [6.07, 6.45) is 0. The Morgan fingerprint density at radius 1 is 1.11 bits per heavy atom. The van der Waals surface area contributed by atoms with E-state index in [9.17, 15) is 9.90 Å². The highest BCUT2D eigenvalue weighted by molar-refractivity contribution is 5.98. The highest BCUT2D eigenvalue weighted by Gasteiger charge is 2.21. The van der Waals surface area contributed by atoms with Gasteiger partial charge >= 0.3 is 5.97 Å². The Kier molecular flexibility index (Phi) is 5.90. The number of nitrogens with zero attached hydrogens (tertiary/aromatic N) is 1. The number of hydrogen-bond donors (Lipinski definition) is 2. The number of ether oxygens (including phenoxy) is 2.